The lowest BCUT2D eigenvalue weighted by molar-refractivity contribution is -0.126. The summed E-state index contributed by atoms with van der Waals surface area (Å²) in [7, 11) is 3.07. The first-order chi connectivity index (χ1) is 10.6. The summed E-state index contributed by atoms with van der Waals surface area (Å²) in [5, 5.41) is 0.559. The average Bonchev–Trinajstić information content (AvgIpc) is 2.84. The Morgan fingerprint density at radius 3 is 2.59 bits per heavy atom. The van der Waals surface area contributed by atoms with Crippen molar-refractivity contribution < 1.29 is 19.0 Å². The maximum absolute atomic E-state index is 12.2. The van der Waals surface area contributed by atoms with Crippen LogP contribution in [-0.2, 0) is 4.79 Å². The molecule has 4 nitrogen and oxygen atoms in total. The van der Waals surface area contributed by atoms with E-state index in [4.69, 9.17) is 25.8 Å². The van der Waals surface area contributed by atoms with Gasteiger partial charge in [-0.05, 0) is 17.7 Å². The van der Waals surface area contributed by atoms with Gasteiger partial charge in [0.2, 0.25) is 0 Å². The number of carbonyl (C=O) groups is 1. The first-order valence-electron chi connectivity index (χ1n) is 6.59. The molecule has 3 rings (SSSR count). The highest BCUT2D eigenvalue weighted by molar-refractivity contribution is 6.33. The lowest BCUT2D eigenvalue weighted by Crippen LogP contribution is -2.00. The number of fused-ring (bicyclic) bond motifs is 1. The summed E-state index contributed by atoms with van der Waals surface area (Å²) in [6.45, 7) is 0. The van der Waals surface area contributed by atoms with Gasteiger partial charge in [0.25, 0.3) is 0 Å². The van der Waals surface area contributed by atoms with E-state index in [1.165, 1.54) is 7.11 Å². The molecular weight excluding hydrogens is 304 g/mol. The summed E-state index contributed by atoms with van der Waals surface area (Å²) in [6, 6.07) is 10.6. The van der Waals surface area contributed by atoms with Crippen LogP contribution in [0.1, 0.15) is 11.1 Å². The van der Waals surface area contributed by atoms with Crippen LogP contribution in [-0.4, -0.2) is 20.2 Å². The van der Waals surface area contributed by atoms with Gasteiger partial charge in [0.15, 0.2) is 0 Å². The van der Waals surface area contributed by atoms with Crippen molar-refractivity contribution in [1.29, 1.82) is 0 Å². The number of rotatable bonds is 3. The van der Waals surface area contributed by atoms with Crippen LogP contribution in [0, 0.1) is 0 Å². The number of halogens is 1. The van der Waals surface area contributed by atoms with Crippen LogP contribution in [0.3, 0.4) is 0 Å². The third kappa shape index (κ3) is 2.42. The van der Waals surface area contributed by atoms with Gasteiger partial charge in [0.1, 0.15) is 17.2 Å². The molecule has 0 saturated heterocycles. The fourth-order valence-corrected chi connectivity index (χ4v) is 2.52. The molecule has 0 aliphatic carbocycles. The van der Waals surface area contributed by atoms with E-state index in [1.54, 1.807) is 31.4 Å². The molecule has 0 unspecified atom stereocenters. The molecule has 0 bridgehead atoms. The third-order valence-electron chi connectivity index (χ3n) is 3.39. The number of carbonyl (C=O) groups excluding carboxylic acids is 1. The molecule has 5 heteroatoms. The summed E-state index contributed by atoms with van der Waals surface area (Å²) in [4.78, 5) is 12.2. The first kappa shape index (κ1) is 14.5. The van der Waals surface area contributed by atoms with E-state index in [1.807, 2.05) is 18.2 Å². The van der Waals surface area contributed by atoms with Gasteiger partial charge in [-0.2, -0.15) is 0 Å². The smallest absolute Gasteiger partial charge is 0.344 e. The maximum atomic E-state index is 12.2. The third-order valence-corrected chi connectivity index (χ3v) is 3.74. The van der Waals surface area contributed by atoms with Crippen LogP contribution in [0.5, 0.6) is 17.2 Å². The minimum Gasteiger partial charge on any atom is -0.496 e. The van der Waals surface area contributed by atoms with Gasteiger partial charge in [-0.15, -0.1) is 0 Å². The van der Waals surface area contributed by atoms with E-state index in [-0.39, 0.29) is 0 Å². The van der Waals surface area contributed by atoms with E-state index < -0.39 is 5.97 Å². The van der Waals surface area contributed by atoms with Crippen LogP contribution >= 0.6 is 11.6 Å². The van der Waals surface area contributed by atoms with E-state index in [9.17, 15) is 4.79 Å². The number of hydrogen-bond acceptors (Lipinski definition) is 4. The minimum absolute atomic E-state index is 0.405. The molecule has 0 N–H and O–H groups in total. The van der Waals surface area contributed by atoms with Crippen molar-refractivity contribution in [3.8, 4) is 17.2 Å². The lowest BCUT2D eigenvalue weighted by atomic mass is 10.0. The van der Waals surface area contributed by atoms with Gasteiger partial charge < -0.3 is 14.2 Å². The van der Waals surface area contributed by atoms with E-state index in [0.717, 1.165) is 5.56 Å². The van der Waals surface area contributed by atoms with Gasteiger partial charge in [-0.25, -0.2) is 4.79 Å². The van der Waals surface area contributed by atoms with Gasteiger partial charge in [-0.3, -0.25) is 0 Å². The molecule has 0 amide bonds. The minimum atomic E-state index is -0.443. The van der Waals surface area contributed by atoms with Crippen molar-refractivity contribution in [2.75, 3.05) is 14.2 Å². The van der Waals surface area contributed by atoms with Crippen molar-refractivity contribution in [3.05, 3.63) is 52.5 Å². The molecule has 0 saturated carbocycles. The SMILES string of the molecule is COc1cc(OC)c2c(c1)OC(=O)/C2=C\c1ccccc1Cl. The zero-order valence-corrected chi connectivity index (χ0v) is 12.8. The maximum Gasteiger partial charge on any atom is 0.344 e. The van der Waals surface area contributed by atoms with Crippen molar-refractivity contribution in [1.82, 2.24) is 0 Å². The van der Waals surface area contributed by atoms with Gasteiger partial charge in [0.05, 0.1) is 25.4 Å². The summed E-state index contributed by atoms with van der Waals surface area (Å²) in [5.74, 6) is 1.04. The Morgan fingerprint density at radius 1 is 1.14 bits per heavy atom. The van der Waals surface area contributed by atoms with E-state index in [0.29, 0.717) is 33.4 Å². The fourth-order valence-electron chi connectivity index (χ4n) is 2.33. The molecule has 112 valence electrons. The Balaban J connectivity index is 2.18. The van der Waals surface area contributed by atoms with Crippen LogP contribution in [0.4, 0.5) is 0 Å². The van der Waals surface area contributed by atoms with E-state index >= 15 is 0 Å². The molecule has 1 heterocycles. The van der Waals surface area contributed by atoms with Crippen molar-refractivity contribution in [2.24, 2.45) is 0 Å². The molecule has 22 heavy (non-hydrogen) atoms. The Labute approximate surface area is 132 Å². The number of methoxy groups -OCH3 is 2. The largest absolute Gasteiger partial charge is 0.496 e. The second-order valence-electron chi connectivity index (χ2n) is 4.67. The molecule has 0 fully saturated rings. The molecular formula is C17H13ClO4. The van der Waals surface area contributed by atoms with Gasteiger partial charge >= 0.3 is 5.97 Å². The topological polar surface area (TPSA) is 44.8 Å². The predicted octanol–water partition coefficient (Wildman–Crippen LogP) is 3.82. The summed E-state index contributed by atoms with van der Waals surface area (Å²) < 4.78 is 15.8. The van der Waals surface area contributed by atoms with Gasteiger partial charge in [-0.1, -0.05) is 29.8 Å². The molecule has 0 aromatic heterocycles. The second kappa shape index (κ2) is 5.73. The number of ether oxygens (including phenoxy) is 3. The summed E-state index contributed by atoms with van der Waals surface area (Å²) in [6.07, 6.45) is 1.70. The lowest BCUT2D eigenvalue weighted by Gasteiger charge is -2.08. The molecule has 2 aromatic rings. The average molecular weight is 317 g/mol. The Bertz CT molecular complexity index is 780. The first-order valence-corrected chi connectivity index (χ1v) is 6.96. The standard InChI is InChI=1S/C17H13ClO4/c1-20-11-8-14(21-2)16-12(17(19)22-15(16)9-11)7-10-5-3-4-6-13(10)18/h3-9H,1-2H3/b12-7-. The molecule has 1 aliphatic heterocycles. The molecule has 0 atom stereocenters. The Kier molecular flexibility index (Phi) is 3.77. The molecule has 1 aliphatic rings. The highest BCUT2D eigenvalue weighted by Gasteiger charge is 2.31. The van der Waals surface area contributed by atoms with Crippen molar-refractivity contribution in [3.63, 3.8) is 0 Å². The summed E-state index contributed by atoms with van der Waals surface area (Å²) in [5.41, 5.74) is 1.75. The zero-order chi connectivity index (χ0) is 15.7. The molecule has 0 spiro atoms. The quantitative estimate of drug-likeness (QED) is 0.490. The van der Waals surface area contributed by atoms with Crippen molar-refractivity contribution in [2.45, 2.75) is 0 Å². The number of esters is 1. The number of benzene rings is 2. The normalized spacial score (nSPS) is 14.7. The van der Waals surface area contributed by atoms with Gasteiger partial charge in [0, 0.05) is 17.2 Å². The highest BCUT2D eigenvalue weighted by atomic mass is 35.5. The van der Waals surface area contributed by atoms with E-state index in [2.05, 4.69) is 0 Å². The Morgan fingerprint density at radius 2 is 1.91 bits per heavy atom. The highest BCUT2D eigenvalue weighted by Crippen LogP contribution is 2.44. The van der Waals surface area contributed by atoms with Crippen molar-refractivity contribution >= 4 is 29.2 Å². The molecule has 2 aromatic carbocycles. The van der Waals surface area contributed by atoms with Crippen LogP contribution in [0.15, 0.2) is 36.4 Å². The second-order valence-corrected chi connectivity index (χ2v) is 5.08. The van der Waals surface area contributed by atoms with Crippen LogP contribution in [0.25, 0.3) is 11.6 Å². The number of hydrogen-bond donors (Lipinski definition) is 0. The fraction of sp³-hybridized carbons (Fsp3) is 0.118. The molecule has 0 radical (unpaired) electrons. The monoisotopic (exact) mass is 316 g/mol. The summed E-state index contributed by atoms with van der Waals surface area (Å²) >= 11 is 6.15. The van der Waals surface area contributed by atoms with Crippen LogP contribution in [0.2, 0.25) is 5.02 Å². The van der Waals surface area contributed by atoms with Crippen LogP contribution < -0.4 is 14.2 Å². The zero-order valence-electron chi connectivity index (χ0n) is 12.1. The predicted molar refractivity (Wildman–Crippen MR) is 84.5 cm³/mol. The Hall–Kier alpha value is -2.46.